The highest BCUT2D eigenvalue weighted by Crippen LogP contribution is 2.43. The van der Waals surface area contributed by atoms with Gasteiger partial charge in [-0.25, -0.2) is 0 Å². The molecule has 1 aromatic carbocycles. The number of hydrogen-bond donors (Lipinski definition) is 1. The predicted octanol–water partition coefficient (Wildman–Crippen LogP) is 3.06. The van der Waals surface area contributed by atoms with E-state index in [4.69, 9.17) is 4.74 Å². The van der Waals surface area contributed by atoms with Crippen LogP contribution in [-0.2, 0) is 11.2 Å². The molecule has 1 aliphatic carbocycles. The zero-order valence-corrected chi connectivity index (χ0v) is 16.3. The van der Waals surface area contributed by atoms with Crippen molar-refractivity contribution in [2.45, 2.75) is 31.7 Å². The summed E-state index contributed by atoms with van der Waals surface area (Å²) in [5.74, 6) is 2.47. The summed E-state index contributed by atoms with van der Waals surface area (Å²) in [6, 6.07) is 15.2. The van der Waals surface area contributed by atoms with Gasteiger partial charge in [-0.2, -0.15) is 0 Å². The summed E-state index contributed by atoms with van der Waals surface area (Å²) in [7, 11) is 0. The van der Waals surface area contributed by atoms with Gasteiger partial charge in [-0.3, -0.25) is 4.79 Å². The fraction of sp³-hybridized carbons (Fsp3) is 0.522. The van der Waals surface area contributed by atoms with Crippen LogP contribution in [0.5, 0.6) is 0 Å². The van der Waals surface area contributed by atoms with Crippen LogP contribution in [0.4, 0.5) is 11.5 Å². The average Bonchev–Trinajstić information content (AvgIpc) is 3.13. The Balaban J connectivity index is 1.47. The monoisotopic (exact) mass is 379 g/mol. The second-order valence-electron chi connectivity index (χ2n) is 8.54. The molecule has 2 aromatic rings. The van der Waals surface area contributed by atoms with Crippen LogP contribution in [0.3, 0.4) is 0 Å². The van der Waals surface area contributed by atoms with Gasteiger partial charge in [0.15, 0.2) is 0 Å². The van der Waals surface area contributed by atoms with Crippen LogP contribution in [-0.4, -0.2) is 43.9 Å². The summed E-state index contributed by atoms with van der Waals surface area (Å²) < 4.78 is 5.48. The van der Waals surface area contributed by atoms with Crippen LogP contribution in [0, 0.1) is 11.8 Å². The zero-order chi connectivity index (χ0) is 18.9. The summed E-state index contributed by atoms with van der Waals surface area (Å²) in [4.78, 5) is 20.4. The Morgan fingerprint density at radius 1 is 1.07 bits per heavy atom. The summed E-state index contributed by atoms with van der Waals surface area (Å²) in [6.45, 7) is 4.21. The molecule has 3 atom stereocenters. The largest absolute Gasteiger partial charge is 0.378 e. The van der Waals surface area contributed by atoms with Gasteiger partial charge in [0.25, 0.3) is 5.56 Å². The van der Waals surface area contributed by atoms with E-state index in [9.17, 15) is 4.79 Å². The lowest BCUT2D eigenvalue weighted by Crippen LogP contribution is -2.48. The molecule has 2 saturated heterocycles. The number of aromatic amines is 1. The van der Waals surface area contributed by atoms with Gasteiger partial charge < -0.3 is 19.5 Å². The number of pyridine rings is 1. The molecule has 2 aliphatic heterocycles. The molecule has 28 heavy (non-hydrogen) atoms. The first-order valence-electron chi connectivity index (χ1n) is 10.6. The summed E-state index contributed by atoms with van der Waals surface area (Å²) in [5.41, 5.74) is 2.41. The number of benzene rings is 1. The van der Waals surface area contributed by atoms with Crippen molar-refractivity contribution in [3.8, 4) is 0 Å². The molecule has 1 saturated carbocycles. The molecule has 0 amide bonds. The molecule has 5 heteroatoms. The van der Waals surface area contributed by atoms with E-state index in [-0.39, 0.29) is 5.56 Å². The number of nitrogens with one attached hydrogen (secondary N) is 1. The Morgan fingerprint density at radius 2 is 1.89 bits per heavy atom. The van der Waals surface area contributed by atoms with Crippen LogP contribution >= 0.6 is 0 Å². The number of anilines is 2. The maximum atomic E-state index is 12.5. The third-order valence-electron chi connectivity index (χ3n) is 6.77. The molecule has 0 unspecified atom stereocenters. The fourth-order valence-corrected chi connectivity index (χ4v) is 5.38. The van der Waals surface area contributed by atoms with E-state index < -0.39 is 0 Å². The number of hydrogen-bond acceptors (Lipinski definition) is 4. The summed E-state index contributed by atoms with van der Waals surface area (Å²) in [5, 5.41) is 0. The van der Waals surface area contributed by atoms with Crippen LogP contribution in [0.25, 0.3) is 0 Å². The van der Waals surface area contributed by atoms with Gasteiger partial charge in [0.05, 0.1) is 13.2 Å². The molecule has 1 N–H and O–H groups in total. The standard InChI is InChI=1S/C23H29N3O2/c27-23-15-20(25-8-10-28-11-9-25)14-22(24-23)26-16-18-6-7-19(12-18)21(26)13-17-4-2-1-3-5-17/h1-5,14-15,18-19,21H,6-13,16H2,(H,24,27)/t18-,19+,21+/m0/s1. The summed E-state index contributed by atoms with van der Waals surface area (Å²) in [6.07, 6.45) is 5.01. The van der Waals surface area contributed by atoms with E-state index in [0.29, 0.717) is 6.04 Å². The molecule has 0 radical (unpaired) electrons. The molecule has 3 aliphatic rings. The first-order valence-corrected chi connectivity index (χ1v) is 10.6. The zero-order valence-electron chi connectivity index (χ0n) is 16.3. The maximum absolute atomic E-state index is 12.5. The molecule has 0 spiro atoms. The Labute approximate surface area is 166 Å². The first-order chi connectivity index (χ1) is 13.8. The summed E-state index contributed by atoms with van der Waals surface area (Å²) >= 11 is 0. The molecule has 5 rings (SSSR count). The highest BCUT2D eigenvalue weighted by molar-refractivity contribution is 5.56. The molecule has 3 fully saturated rings. The SMILES string of the molecule is O=c1cc(N2CCOCC2)cc(N2C[C@H]3CC[C@H](C3)[C@H]2Cc2ccccc2)[nH]1. The van der Waals surface area contributed by atoms with Crippen molar-refractivity contribution >= 4 is 11.5 Å². The molecule has 3 heterocycles. The number of rotatable bonds is 4. The Morgan fingerprint density at radius 3 is 2.71 bits per heavy atom. The number of ether oxygens (including phenoxy) is 1. The minimum Gasteiger partial charge on any atom is -0.378 e. The number of nitrogens with zero attached hydrogens (tertiary/aromatic N) is 2. The van der Waals surface area contributed by atoms with Crippen LogP contribution in [0.15, 0.2) is 47.3 Å². The van der Waals surface area contributed by atoms with Gasteiger partial charge in [-0.05, 0) is 43.1 Å². The van der Waals surface area contributed by atoms with E-state index in [2.05, 4.69) is 51.2 Å². The van der Waals surface area contributed by atoms with E-state index >= 15 is 0 Å². The van der Waals surface area contributed by atoms with Crippen molar-refractivity contribution in [1.29, 1.82) is 0 Å². The van der Waals surface area contributed by atoms with Crippen molar-refractivity contribution in [3.05, 3.63) is 58.4 Å². The van der Waals surface area contributed by atoms with Crippen molar-refractivity contribution in [1.82, 2.24) is 4.98 Å². The van der Waals surface area contributed by atoms with Crippen LogP contribution in [0.1, 0.15) is 24.8 Å². The topological polar surface area (TPSA) is 48.6 Å². The van der Waals surface area contributed by atoms with E-state index in [1.54, 1.807) is 6.07 Å². The second-order valence-corrected chi connectivity index (χ2v) is 8.54. The number of morpholine rings is 1. The predicted molar refractivity (Wildman–Crippen MR) is 112 cm³/mol. The van der Waals surface area contributed by atoms with Gasteiger partial charge in [-0.1, -0.05) is 30.3 Å². The second kappa shape index (κ2) is 7.63. The number of piperidine rings is 1. The minimum absolute atomic E-state index is 0.00428. The molecule has 5 nitrogen and oxygen atoms in total. The van der Waals surface area contributed by atoms with Gasteiger partial charge in [0.2, 0.25) is 0 Å². The van der Waals surface area contributed by atoms with Gasteiger partial charge in [0.1, 0.15) is 5.82 Å². The highest BCUT2D eigenvalue weighted by atomic mass is 16.5. The third kappa shape index (κ3) is 3.55. The maximum Gasteiger partial charge on any atom is 0.251 e. The molecular formula is C23H29N3O2. The van der Waals surface area contributed by atoms with Crippen LogP contribution < -0.4 is 15.4 Å². The van der Waals surface area contributed by atoms with E-state index in [1.807, 2.05) is 0 Å². The Kier molecular flexibility index (Phi) is 4.85. The lowest BCUT2D eigenvalue weighted by atomic mass is 9.86. The smallest absolute Gasteiger partial charge is 0.251 e. The van der Waals surface area contributed by atoms with Crippen molar-refractivity contribution < 1.29 is 4.74 Å². The number of H-pyrrole nitrogens is 1. The molecule has 1 aromatic heterocycles. The fourth-order valence-electron chi connectivity index (χ4n) is 5.38. The lowest BCUT2D eigenvalue weighted by Gasteiger charge is -2.42. The number of fused-ring (bicyclic) bond motifs is 2. The first kappa shape index (κ1) is 17.8. The Hall–Kier alpha value is -2.27. The van der Waals surface area contributed by atoms with E-state index in [0.717, 1.165) is 62.6 Å². The van der Waals surface area contributed by atoms with Crippen molar-refractivity contribution in [2.24, 2.45) is 11.8 Å². The molecule has 148 valence electrons. The lowest BCUT2D eigenvalue weighted by molar-refractivity contribution is 0.122. The molecular weight excluding hydrogens is 350 g/mol. The van der Waals surface area contributed by atoms with Gasteiger partial charge in [0, 0.05) is 43.5 Å². The minimum atomic E-state index is -0.00428. The quantitative estimate of drug-likeness (QED) is 0.887. The van der Waals surface area contributed by atoms with Crippen molar-refractivity contribution in [3.63, 3.8) is 0 Å². The third-order valence-corrected chi connectivity index (χ3v) is 6.77. The molecule has 2 bridgehead atoms. The van der Waals surface area contributed by atoms with E-state index in [1.165, 1.54) is 24.8 Å². The average molecular weight is 380 g/mol. The van der Waals surface area contributed by atoms with Crippen molar-refractivity contribution in [2.75, 3.05) is 42.6 Å². The Bertz CT molecular complexity index is 860. The van der Waals surface area contributed by atoms with Gasteiger partial charge >= 0.3 is 0 Å². The number of aromatic nitrogens is 1. The normalized spacial score (nSPS) is 27.2. The highest BCUT2D eigenvalue weighted by Gasteiger charge is 2.41. The van der Waals surface area contributed by atoms with Gasteiger partial charge in [-0.15, -0.1) is 0 Å². The van der Waals surface area contributed by atoms with Crippen LogP contribution in [0.2, 0.25) is 0 Å².